The van der Waals surface area contributed by atoms with Gasteiger partial charge in [0.25, 0.3) is 0 Å². The van der Waals surface area contributed by atoms with Gasteiger partial charge in [-0.2, -0.15) is 0 Å². The first-order valence-corrected chi connectivity index (χ1v) is 28.0. The zero-order valence-corrected chi connectivity index (χ0v) is 41.7. The van der Waals surface area contributed by atoms with Gasteiger partial charge in [-0.25, -0.2) is 4.57 Å². The first kappa shape index (κ1) is 61.1. The van der Waals surface area contributed by atoms with Crippen molar-refractivity contribution in [3.8, 4) is 0 Å². The second-order valence-electron chi connectivity index (χ2n) is 18.7. The zero-order valence-electron chi connectivity index (χ0n) is 40.9. The summed E-state index contributed by atoms with van der Waals surface area (Å²) in [4.78, 5) is 23.2. The largest absolute Gasteiger partial charge is 0.472 e. The van der Waals surface area contributed by atoms with E-state index in [1.54, 1.807) is 0 Å². The van der Waals surface area contributed by atoms with Crippen molar-refractivity contribution in [2.75, 3.05) is 19.8 Å². The molecule has 64 heavy (non-hydrogen) atoms. The number of phosphoric ester groups is 1. The predicted molar refractivity (Wildman–Crippen MR) is 258 cm³/mol. The summed E-state index contributed by atoms with van der Waals surface area (Å²) in [7, 11) is -5.02. The number of hydrogen-bond acceptors (Lipinski definition) is 11. The van der Waals surface area contributed by atoms with Crippen molar-refractivity contribution in [2.45, 2.75) is 288 Å². The van der Waals surface area contributed by atoms with Crippen molar-refractivity contribution in [1.29, 1.82) is 0 Å². The van der Waals surface area contributed by atoms with Gasteiger partial charge in [0.05, 0.1) is 13.2 Å². The van der Waals surface area contributed by atoms with Gasteiger partial charge < -0.3 is 39.9 Å². The monoisotopic (exact) mass is 935 g/mol. The van der Waals surface area contributed by atoms with Crippen molar-refractivity contribution < 1.29 is 58.3 Å². The molecular formula is C51H99O12P. The number of carbonyl (C=O) groups is 1. The fourth-order valence-electron chi connectivity index (χ4n) is 8.41. The predicted octanol–water partition coefficient (Wildman–Crippen LogP) is 11.9. The Bertz CT molecular complexity index is 1110. The summed E-state index contributed by atoms with van der Waals surface area (Å²) in [5.74, 6) is -0.473. The minimum atomic E-state index is -5.02. The summed E-state index contributed by atoms with van der Waals surface area (Å²) in [6.07, 6.45) is 35.7. The molecule has 0 spiro atoms. The van der Waals surface area contributed by atoms with Crippen LogP contribution >= 0.6 is 7.82 Å². The highest BCUT2D eigenvalue weighted by atomic mass is 31.2. The van der Waals surface area contributed by atoms with Crippen molar-refractivity contribution in [3.63, 3.8) is 0 Å². The number of phosphoric acid groups is 1. The first-order valence-electron chi connectivity index (χ1n) is 26.5. The Morgan fingerprint density at radius 1 is 0.484 bits per heavy atom. The number of unbranched alkanes of at least 4 members (excludes halogenated alkanes) is 32. The molecule has 6 unspecified atom stereocenters. The van der Waals surface area contributed by atoms with Crippen LogP contribution in [0.25, 0.3) is 0 Å². The van der Waals surface area contributed by atoms with Crippen LogP contribution in [0.2, 0.25) is 0 Å². The van der Waals surface area contributed by atoms with Gasteiger partial charge in [0, 0.05) is 13.0 Å². The van der Waals surface area contributed by atoms with Crippen LogP contribution < -0.4 is 0 Å². The van der Waals surface area contributed by atoms with Gasteiger partial charge in [0.1, 0.15) is 42.7 Å². The van der Waals surface area contributed by atoms with Gasteiger partial charge in [0.2, 0.25) is 0 Å². The molecule has 6 atom stereocenters. The van der Waals surface area contributed by atoms with Crippen LogP contribution in [0.4, 0.5) is 0 Å². The van der Waals surface area contributed by atoms with E-state index in [1.807, 2.05) is 0 Å². The van der Waals surface area contributed by atoms with Crippen LogP contribution in [0.1, 0.15) is 245 Å². The van der Waals surface area contributed by atoms with Gasteiger partial charge in [-0.15, -0.1) is 0 Å². The summed E-state index contributed by atoms with van der Waals surface area (Å²) in [6.45, 7) is 4.28. The standard InChI is InChI=1S/C51H99O12P/c1-3-5-7-9-11-13-15-17-19-20-21-22-23-24-25-26-28-30-32-34-36-38-40-45(52)62-44(43-61-64(58,59)63-51-49(56)47(54)46(53)48(55)50(51)57)42-60-41-39-37-35-33-31-29-27-18-16-14-12-10-8-6-4-2/h16,18,44,46-51,53-57H,3-15,17,19-43H2,1-2H3,(H,58,59)/b18-16-. The SMILES string of the molecule is CCCCCCC/C=C\CCCCCCCCOCC(COP(=O)(O)OC1C(O)C(O)C(O)C(O)C1O)OC(=O)CCCCCCCCCCCCCCCCCCCCCCCC. The third-order valence-corrected chi connectivity index (χ3v) is 13.6. The third kappa shape index (κ3) is 33.5. The third-order valence-electron chi connectivity index (χ3n) is 12.6. The lowest BCUT2D eigenvalue weighted by Gasteiger charge is -2.41. The highest BCUT2D eigenvalue weighted by Gasteiger charge is 2.51. The summed E-state index contributed by atoms with van der Waals surface area (Å²) in [5, 5.41) is 50.3. The fourth-order valence-corrected chi connectivity index (χ4v) is 9.38. The van der Waals surface area contributed by atoms with Gasteiger partial charge >= 0.3 is 13.8 Å². The molecule has 0 heterocycles. The van der Waals surface area contributed by atoms with Gasteiger partial charge in [-0.1, -0.05) is 212 Å². The number of allylic oxidation sites excluding steroid dienone is 2. The Morgan fingerprint density at radius 2 is 0.828 bits per heavy atom. The highest BCUT2D eigenvalue weighted by Crippen LogP contribution is 2.47. The van der Waals surface area contributed by atoms with Crippen molar-refractivity contribution >= 4 is 13.8 Å². The van der Waals surface area contributed by atoms with Crippen molar-refractivity contribution in [1.82, 2.24) is 0 Å². The molecule has 1 aliphatic rings. The van der Waals surface area contributed by atoms with E-state index in [9.17, 15) is 39.8 Å². The van der Waals surface area contributed by atoms with E-state index in [0.717, 1.165) is 51.4 Å². The maximum Gasteiger partial charge on any atom is 0.472 e. The number of rotatable bonds is 46. The molecule has 13 heteroatoms. The minimum Gasteiger partial charge on any atom is -0.457 e. The number of ether oxygens (including phenoxy) is 2. The smallest absolute Gasteiger partial charge is 0.457 e. The fraction of sp³-hybridized carbons (Fsp3) is 0.941. The second-order valence-corrected chi connectivity index (χ2v) is 20.1. The molecule has 1 fully saturated rings. The van der Waals surface area contributed by atoms with E-state index >= 15 is 0 Å². The van der Waals surface area contributed by atoms with Gasteiger partial charge in [-0.05, 0) is 38.5 Å². The van der Waals surface area contributed by atoms with E-state index in [2.05, 4.69) is 26.0 Å². The molecule has 1 aliphatic carbocycles. The van der Waals surface area contributed by atoms with Crippen LogP contribution in [0.15, 0.2) is 12.2 Å². The Kier molecular flexibility index (Phi) is 40.3. The van der Waals surface area contributed by atoms with E-state index < -0.39 is 63.1 Å². The lowest BCUT2D eigenvalue weighted by molar-refractivity contribution is -0.220. The number of esters is 1. The highest BCUT2D eigenvalue weighted by molar-refractivity contribution is 7.47. The number of aliphatic hydroxyl groups is 5. The van der Waals surface area contributed by atoms with E-state index in [1.165, 1.54) is 167 Å². The topological polar surface area (TPSA) is 192 Å². The minimum absolute atomic E-state index is 0.0751. The number of hydrogen-bond donors (Lipinski definition) is 6. The molecule has 0 radical (unpaired) electrons. The molecule has 0 aromatic heterocycles. The summed E-state index contributed by atoms with van der Waals surface area (Å²) in [6, 6.07) is 0. The summed E-state index contributed by atoms with van der Waals surface area (Å²) < 4.78 is 34.3. The van der Waals surface area contributed by atoms with Crippen molar-refractivity contribution in [3.05, 3.63) is 12.2 Å². The maximum atomic E-state index is 12.8. The zero-order chi connectivity index (χ0) is 46.9. The van der Waals surface area contributed by atoms with E-state index in [0.29, 0.717) is 13.0 Å². The molecule has 0 aliphatic heterocycles. The lowest BCUT2D eigenvalue weighted by Crippen LogP contribution is -2.64. The summed E-state index contributed by atoms with van der Waals surface area (Å²) in [5.41, 5.74) is 0. The number of aliphatic hydroxyl groups excluding tert-OH is 5. The first-order chi connectivity index (χ1) is 31.0. The molecular weight excluding hydrogens is 836 g/mol. The molecule has 12 nitrogen and oxygen atoms in total. The number of carbonyl (C=O) groups excluding carboxylic acids is 1. The summed E-state index contributed by atoms with van der Waals surface area (Å²) >= 11 is 0. The van der Waals surface area contributed by atoms with Crippen LogP contribution in [-0.2, 0) is 27.9 Å². The molecule has 0 amide bonds. The van der Waals surface area contributed by atoms with Crippen LogP contribution in [0, 0.1) is 0 Å². The van der Waals surface area contributed by atoms with Gasteiger partial charge in [-0.3, -0.25) is 13.8 Å². The van der Waals surface area contributed by atoms with Crippen molar-refractivity contribution in [2.24, 2.45) is 0 Å². The normalized spacial score (nSPS) is 21.7. The van der Waals surface area contributed by atoms with Crippen LogP contribution in [0.5, 0.6) is 0 Å². The van der Waals surface area contributed by atoms with Gasteiger partial charge in [0.15, 0.2) is 0 Å². The molecule has 0 bridgehead atoms. The Morgan fingerprint density at radius 3 is 1.23 bits per heavy atom. The molecule has 6 N–H and O–H groups in total. The van der Waals surface area contributed by atoms with E-state index in [-0.39, 0.29) is 13.0 Å². The van der Waals surface area contributed by atoms with E-state index in [4.69, 9.17) is 18.5 Å². The Labute approximate surface area is 390 Å². The lowest BCUT2D eigenvalue weighted by atomic mass is 9.85. The molecule has 0 saturated heterocycles. The average molecular weight is 935 g/mol. The molecule has 1 rings (SSSR count). The maximum absolute atomic E-state index is 12.8. The quantitative estimate of drug-likeness (QED) is 0.0147. The Balaban J connectivity index is 2.30. The second kappa shape index (κ2) is 42.2. The molecule has 0 aromatic carbocycles. The van der Waals surface area contributed by atoms with Crippen LogP contribution in [0.3, 0.4) is 0 Å². The molecule has 1 saturated carbocycles. The average Bonchev–Trinajstić information content (AvgIpc) is 3.28. The Hall–Kier alpha value is -0.920. The molecule has 0 aromatic rings. The molecule has 380 valence electrons. The van der Waals surface area contributed by atoms with Crippen LogP contribution in [-0.4, -0.2) is 98.9 Å².